The summed E-state index contributed by atoms with van der Waals surface area (Å²) >= 11 is 1.87. The maximum Gasteiger partial charge on any atom is 0.143 e. The molecule has 0 amide bonds. The maximum atomic E-state index is 6.50. The summed E-state index contributed by atoms with van der Waals surface area (Å²) in [5.74, 6) is 0. The highest BCUT2D eigenvalue weighted by molar-refractivity contribution is 7.26. The lowest BCUT2D eigenvalue weighted by atomic mass is 9.91. The molecule has 0 aliphatic heterocycles. The van der Waals surface area contributed by atoms with Crippen molar-refractivity contribution in [2.24, 2.45) is 0 Å². The van der Waals surface area contributed by atoms with E-state index in [0.717, 1.165) is 55.7 Å². The minimum absolute atomic E-state index is 0.901. The SMILES string of the molecule is c1ccc(-c2ccccc2N(c2ccc(-c3cccc4c3oc3ccccc34)cc2)c2ccccc2-c2cccc3c2sc2ccccc23)c(-c2ccc3ccccc3c2)c1. The fourth-order valence-electron chi connectivity index (χ4n) is 9.25. The van der Waals surface area contributed by atoms with Crippen LogP contribution in [0.2, 0.25) is 0 Å². The summed E-state index contributed by atoms with van der Waals surface area (Å²) in [5.41, 5.74) is 14.4. The predicted octanol–water partition coefficient (Wildman–Crippen LogP) is 17.2. The molecule has 0 aliphatic carbocycles. The van der Waals surface area contributed by atoms with Crippen LogP contribution in [0.4, 0.5) is 17.1 Å². The number of nitrogens with zero attached hydrogens (tertiary/aromatic N) is 1. The number of anilines is 3. The zero-order valence-corrected chi connectivity index (χ0v) is 33.9. The predicted molar refractivity (Wildman–Crippen MR) is 261 cm³/mol. The lowest BCUT2D eigenvalue weighted by Crippen LogP contribution is -2.12. The van der Waals surface area contributed by atoms with Crippen molar-refractivity contribution in [1.82, 2.24) is 0 Å². The third kappa shape index (κ3) is 5.93. The molecule has 0 atom stereocenters. The molecule has 2 aromatic heterocycles. The molecular weight excluding hydrogens is 759 g/mol. The van der Waals surface area contributed by atoms with Gasteiger partial charge in [0.2, 0.25) is 0 Å². The van der Waals surface area contributed by atoms with Crippen LogP contribution in [-0.4, -0.2) is 0 Å². The molecule has 12 aromatic rings. The molecule has 61 heavy (non-hydrogen) atoms. The monoisotopic (exact) mass is 795 g/mol. The molecule has 0 bridgehead atoms. The first-order chi connectivity index (χ1) is 30.3. The van der Waals surface area contributed by atoms with Crippen LogP contribution in [0, 0.1) is 0 Å². The van der Waals surface area contributed by atoms with Gasteiger partial charge in [0.05, 0.1) is 11.4 Å². The van der Waals surface area contributed by atoms with Crippen LogP contribution in [-0.2, 0) is 0 Å². The lowest BCUT2D eigenvalue weighted by molar-refractivity contribution is 0.670. The summed E-state index contributed by atoms with van der Waals surface area (Å²) in [6.45, 7) is 0. The minimum atomic E-state index is 0.901. The average molecular weight is 796 g/mol. The summed E-state index contributed by atoms with van der Waals surface area (Å²) in [5, 5.41) is 7.31. The minimum Gasteiger partial charge on any atom is -0.455 e. The number of thiophene rings is 1. The molecule has 0 unspecified atom stereocenters. The molecule has 0 fully saturated rings. The fraction of sp³-hybridized carbons (Fsp3) is 0. The van der Waals surface area contributed by atoms with Gasteiger partial charge in [0.25, 0.3) is 0 Å². The van der Waals surface area contributed by atoms with Gasteiger partial charge in [0.15, 0.2) is 0 Å². The molecule has 0 radical (unpaired) electrons. The van der Waals surface area contributed by atoms with Crippen LogP contribution in [0.1, 0.15) is 0 Å². The molecule has 286 valence electrons. The highest BCUT2D eigenvalue weighted by Gasteiger charge is 2.23. The van der Waals surface area contributed by atoms with Gasteiger partial charge in [-0.15, -0.1) is 11.3 Å². The maximum absolute atomic E-state index is 6.50. The van der Waals surface area contributed by atoms with Crippen LogP contribution in [0.3, 0.4) is 0 Å². The van der Waals surface area contributed by atoms with Gasteiger partial charge in [-0.3, -0.25) is 0 Å². The lowest BCUT2D eigenvalue weighted by Gasteiger charge is -2.30. The molecule has 2 heterocycles. The molecule has 0 saturated heterocycles. The van der Waals surface area contributed by atoms with Gasteiger partial charge in [-0.05, 0) is 75.5 Å². The Morgan fingerprint density at radius 3 is 1.70 bits per heavy atom. The van der Waals surface area contributed by atoms with Crippen LogP contribution in [0.5, 0.6) is 0 Å². The van der Waals surface area contributed by atoms with Crippen LogP contribution < -0.4 is 4.90 Å². The van der Waals surface area contributed by atoms with E-state index in [4.69, 9.17) is 4.42 Å². The second-order valence-corrected chi connectivity index (χ2v) is 16.6. The normalized spacial score (nSPS) is 11.6. The van der Waals surface area contributed by atoms with E-state index < -0.39 is 0 Å². The van der Waals surface area contributed by atoms with Crippen molar-refractivity contribution in [2.75, 3.05) is 4.90 Å². The Balaban J connectivity index is 1.07. The molecule has 0 N–H and O–H groups in total. The number of hydrogen-bond acceptors (Lipinski definition) is 3. The Morgan fingerprint density at radius 1 is 0.344 bits per heavy atom. The molecule has 12 rings (SSSR count). The topological polar surface area (TPSA) is 16.4 Å². The van der Waals surface area contributed by atoms with Gasteiger partial charge in [-0.2, -0.15) is 0 Å². The standard InChI is InChI=1S/C58H37NOS/c1-2-16-40-37-41(32-31-38(40)15-1)43-17-3-4-18-45(43)46-19-5-9-27-53(46)59(42-35-33-39(34-36-42)44-23-13-24-50-48-21-7-11-29-55(48)60-57(44)50)54-28-10-6-20-47(54)51-25-14-26-52-49-22-8-12-30-56(49)61-58(51)52/h1-37H. The second-order valence-electron chi connectivity index (χ2n) is 15.6. The number of hydrogen-bond donors (Lipinski definition) is 0. The van der Waals surface area contributed by atoms with Crippen LogP contribution in [0.15, 0.2) is 229 Å². The molecule has 10 aromatic carbocycles. The number of para-hydroxylation sites is 4. The van der Waals surface area contributed by atoms with Crippen molar-refractivity contribution in [1.29, 1.82) is 0 Å². The van der Waals surface area contributed by atoms with E-state index in [9.17, 15) is 0 Å². The van der Waals surface area contributed by atoms with Gasteiger partial charge in [0.1, 0.15) is 11.2 Å². The fourth-order valence-corrected chi connectivity index (χ4v) is 10.5. The molecule has 0 aliphatic rings. The van der Waals surface area contributed by atoms with E-state index >= 15 is 0 Å². The van der Waals surface area contributed by atoms with E-state index in [1.807, 2.05) is 23.5 Å². The Kier molecular flexibility index (Phi) is 8.39. The van der Waals surface area contributed by atoms with Gasteiger partial charge < -0.3 is 9.32 Å². The van der Waals surface area contributed by atoms with Crippen molar-refractivity contribution in [3.63, 3.8) is 0 Å². The van der Waals surface area contributed by atoms with Crippen molar-refractivity contribution >= 4 is 81.3 Å². The first kappa shape index (κ1) is 35.2. The van der Waals surface area contributed by atoms with Gasteiger partial charge in [0, 0.05) is 58.9 Å². The van der Waals surface area contributed by atoms with Crippen molar-refractivity contribution in [3.05, 3.63) is 224 Å². The molecular formula is C58H37NOS. The van der Waals surface area contributed by atoms with Gasteiger partial charge in [-0.25, -0.2) is 0 Å². The highest BCUT2D eigenvalue weighted by Crippen LogP contribution is 2.49. The number of furan rings is 1. The van der Waals surface area contributed by atoms with Gasteiger partial charge >= 0.3 is 0 Å². The van der Waals surface area contributed by atoms with Crippen molar-refractivity contribution < 1.29 is 4.42 Å². The summed E-state index contributed by atoms with van der Waals surface area (Å²) in [6.07, 6.45) is 0. The first-order valence-electron chi connectivity index (χ1n) is 20.7. The van der Waals surface area contributed by atoms with E-state index in [0.29, 0.717) is 0 Å². The third-order valence-electron chi connectivity index (χ3n) is 12.1. The Hall–Kier alpha value is -7.72. The molecule has 0 saturated carbocycles. The van der Waals surface area contributed by atoms with E-state index in [1.165, 1.54) is 58.8 Å². The number of benzene rings is 10. The Labute approximate surface area is 357 Å². The van der Waals surface area contributed by atoms with Gasteiger partial charge in [-0.1, -0.05) is 182 Å². The average Bonchev–Trinajstić information content (AvgIpc) is 3.91. The second kappa shape index (κ2) is 14.5. The number of fused-ring (bicyclic) bond motifs is 7. The molecule has 2 nitrogen and oxygen atoms in total. The summed E-state index contributed by atoms with van der Waals surface area (Å²) in [4.78, 5) is 2.46. The number of rotatable bonds is 7. The highest BCUT2D eigenvalue weighted by atomic mass is 32.1. The van der Waals surface area contributed by atoms with E-state index in [2.05, 4.69) is 217 Å². The summed E-state index contributed by atoms with van der Waals surface area (Å²) in [6, 6.07) is 81.2. The largest absolute Gasteiger partial charge is 0.455 e. The van der Waals surface area contributed by atoms with Crippen molar-refractivity contribution in [3.8, 4) is 44.5 Å². The quantitative estimate of drug-likeness (QED) is 0.160. The summed E-state index contributed by atoms with van der Waals surface area (Å²) in [7, 11) is 0. The van der Waals surface area contributed by atoms with Crippen LogP contribution >= 0.6 is 11.3 Å². The zero-order chi connectivity index (χ0) is 40.3. The Bertz CT molecular complexity index is 3610. The summed E-state index contributed by atoms with van der Waals surface area (Å²) < 4.78 is 9.09. The molecule has 3 heteroatoms. The van der Waals surface area contributed by atoms with E-state index in [-0.39, 0.29) is 0 Å². The van der Waals surface area contributed by atoms with E-state index in [1.54, 1.807) is 0 Å². The van der Waals surface area contributed by atoms with Crippen molar-refractivity contribution in [2.45, 2.75) is 0 Å². The third-order valence-corrected chi connectivity index (χ3v) is 13.3. The Morgan fingerprint density at radius 2 is 0.902 bits per heavy atom. The van der Waals surface area contributed by atoms with Crippen LogP contribution in [0.25, 0.3) is 97.4 Å². The zero-order valence-electron chi connectivity index (χ0n) is 33.1. The smallest absolute Gasteiger partial charge is 0.143 e. The molecule has 0 spiro atoms. The first-order valence-corrected chi connectivity index (χ1v) is 21.6.